The lowest BCUT2D eigenvalue weighted by Gasteiger charge is -2.11. The van der Waals surface area contributed by atoms with Gasteiger partial charge in [0, 0.05) is 17.8 Å². The summed E-state index contributed by atoms with van der Waals surface area (Å²) in [4.78, 5) is 23.7. The summed E-state index contributed by atoms with van der Waals surface area (Å²) >= 11 is 0. The van der Waals surface area contributed by atoms with Gasteiger partial charge in [0.15, 0.2) is 0 Å². The van der Waals surface area contributed by atoms with Gasteiger partial charge in [-0.25, -0.2) is 5.43 Å². The number of fused-ring (bicyclic) bond motifs is 1. The van der Waals surface area contributed by atoms with Crippen molar-refractivity contribution >= 4 is 22.9 Å². The molecule has 2 aromatic carbocycles. The monoisotopic (exact) mass is 363 g/mol. The van der Waals surface area contributed by atoms with Crippen LogP contribution in [0.4, 0.5) is 0 Å². The van der Waals surface area contributed by atoms with E-state index in [0.29, 0.717) is 12.4 Å². The summed E-state index contributed by atoms with van der Waals surface area (Å²) in [7, 11) is 0. The van der Waals surface area contributed by atoms with Crippen LogP contribution >= 0.6 is 0 Å². The van der Waals surface area contributed by atoms with Gasteiger partial charge in [0.2, 0.25) is 0 Å². The average molecular weight is 363 g/mol. The number of rotatable bonds is 7. The van der Waals surface area contributed by atoms with Gasteiger partial charge in [0.05, 0.1) is 12.8 Å². The average Bonchev–Trinajstić information content (AvgIpc) is 2.69. The Bertz CT molecular complexity index is 1020. The van der Waals surface area contributed by atoms with E-state index in [0.717, 1.165) is 22.8 Å². The zero-order valence-electron chi connectivity index (χ0n) is 15.1. The van der Waals surface area contributed by atoms with Crippen LogP contribution in [-0.2, 0) is 11.3 Å². The van der Waals surface area contributed by atoms with E-state index in [2.05, 4.69) is 10.5 Å². The predicted molar refractivity (Wildman–Crippen MR) is 106 cm³/mol. The van der Waals surface area contributed by atoms with Crippen LogP contribution in [0.15, 0.2) is 70.7 Å². The Morgan fingerprint density at radius 1 is 1.15 bits per heavy atom. The van der Waals surface area contributed by atoms with Crippen LogP contribution in [-0.4, -0.2) is 23.3 Å². The fraction of sp³-hybridized carbons (Fsp3) is 0.190. The minimum Gasteiger partial charge on any atom is -0.493 e. The van der Waals surface area contributed by atoms with Crippen molar-refractivity contribution in [3.05, 3.63) is 76.7 Å². The molecule has 0 unspecified atom stereocenters. The highest BCUT2D eigenvalue weighted by atomic mass is 16.5. The number of hydrogen-bond acceptors (Lipinski definition) is 4. The van der Waals surface area contributed by atoms with Crippen LogP contribution in [0.1, 0.15) is 18.9 Å². The number of amides is 1. The Morgan fingerprint density at radius 2 is 1.96 bits per heavy atom. The molecule has 1 amide bonds. The van der Waals surface area contributed by atoms with E-state index in [4.69, 9.17) is 4.74 Å². The fourth-order valence-electron chi connectivity index (χ4n) is 2.70. The van der Waals surface area contributed by atoms with Crippen LogP contribution in [0.2, 0.25) is 0 Å². The Kier molecular flexibility index (Phi) is 5.99. The van der Waals surface area contributed by atoms with Crippen LogP contribution in [0, 0.1) is 0 Å². The Morgan fingerprint density at radius 3 is 2.78 bits per heavy atom. The number of pyridine rings is 1. The zero-order valence-corrected chi connectivity index (χ0v) is 15.1. The Balaban J connectivity index is 1.79. The van der Waals surface area contributed by atoms with Crippen LogP contribution in [0.5, 0.6) is 5.75 Å². The van der Waals surface area contributed by atoms with Crippen molar-refractivity contribution in [3.8, 4) is 5.75 Å². The molecule has 0 fully saturated rings. The summed E-state index contributed by atoms with van der Waals surface area (Å²) in [6, 6.07) is 16.6. The zero-order chi connectivity index (χ0) is 19.1. The minimum absolute atomic E-state index is 0.0915. The van der Waals surface area contributed by atoms with Crippen molar-refractivity contribution in [1.82, 2.24) is 9.99 Å². The summed E-state index contributed by atoms with van der Waals surface area (Å²) in [6.45, 7) is 2.55. The lowest BCUT2D eigenvalue weighted by atomic mass is 10.0. The molecule has 0 bridgehead atoms. The van der Waals surface area contributed by atoms with E-state index < -0.39 is 0 Å². The molecule has 27 heavy (non-hydrogen) atoms. The second-order valence-corrected chi connectivity index (χ2v) is 6.01. The Hall–Kier alpha value is -3.41. The van der Waals surface area contributed by atoms with E-state index in [9.17, 15) is 9.59 Å². The van der Waals surface area contributed by atoms with Gasteiger partial charge in [-0.1, -0.05) is 43.3 Å². The summed E-state index contributed by atoms with van der Waals surface area (Å²) < 4.78 is 7.13. The van der Waals surface area contributed by atoms with E-state index >= 15 is 0 Å². The topological polar surface area (TPSA) is 72.7 Å². The number of carbonyl (C=O) groups is 1. The summed E-state index contributed by atoms with van der Waals surface area (Å²) in [5.41, 5.74) is 3.04. The first-order chi connectivity index (χ1) is 13.2. The highest BCUT2D eigenvalue weighted by molar-refractivity contribution is 6.02. The van der Waals surface area contributed by atoms with Crippen LogP contribution in [0.3, 0.4) is 0 Å². The molecule has 0 atom stereocenters. The molecule has 0 spiro atoms. The highest BCUT2D eigenvalue weighted by Gasteiger charge is 2.08. The Labute approximate surface area is 157 Å². The molecule has 6 heteroatoms. The first-order valence-electron chi connectivity index (χ1n) is 8.81. The third-order valence-corrected chi connectivity index (χ3v) is 3.99. The first kappa shape index (κ1) is 18.4. The smallest absolute Gasteiger partial charge is 0.260 e. The highest BCUT2D eigenvalue weighted by Crippen LogP contribution is 2.26. The molecule has 3 aromatic rings. The lowest BCUT2D eigenvalue weighted by Crippen LogP contribution is -2.29. The van der Waals surface area contributed by atoms with Crippen molar-refractivity contribution in [1.29, 1.82) is 0 Å². The van der Waals surface area contributed by atoms with Gasteiger partial charge in [-0.3, -0.25) is 9.59 Å². The number of hydrazone groups is 1. The van der Waals surface area contributed by atoms with Crippen LogP contribution < -0.4 is 15.7 Å². The molecule has 0 aliphatic rings. The van der Waals surface area contributed by atoms with Gasteiger partial charge < -0.3 is 9.30 Å². The molecular formula is C21H21N3O3. The minimum atomic E-state index is -0.379. The summed E-state index contributed by atoms with van der Waals surface area (Å²) in [5, 5.41) is 6.12. The lowest BCUT2D eigenvalue weighted by molar-refractivity contribution is -0.121. The van der Waals surface area contributed by atoms with E-state index in [1.807, 2.05) is 43.3 Å². The van der Waals surface area contributed by atoms with Gasteiger partial charge in [0.25, 0.3) is 11.5 Å². The predicted octanol–water partition coefficient (Wildman–Crippen LogP) is 2.94. The van der Waals surface area contributed by atoms with Gasteiger partial charge in [-0.15, -0.1) is 0 Å². The van der Waals surface area contributed by atoms with Crippen molar-refractivity contribution in [2.75, 3.05) is 6.61 Å². The van der Waals surface area contributed by atoms with Gasteiger partial charge >= 0.3 is 0 Å². The third-order valence-electron chi connectivity index (χ3n) is 3.99. The first-order valence-corrected chi connectivity index (χ1v) is 8.81. The van der Waals surface area contributed by atoms with E-state index in [1.54, 1.807) is 24.5 Å². The second-order valence-electron chi connectivity index (χ2n) is 6.01. The summed E-state index contributed by atoms with van der Waals surface area (Å²) in [5.74, 6) is 0.337. The molecule has 1 heterocycles. The SMILES string of the molecule is CCCOc1ccc2ccccc2c1/C=N\NC(=O)Cn1ccccc1=O. The normalized spacial score (nSPS) is 11.0. The maximum absolute atomic E-state index is 12.1. The maximum atomic E-state index is 12.1. The molecule has 0 aliphatic carbocycles. The standard InChI is InChI=1S/C21H21N3O3/c1-2-13-27-19-11-10-16-7-3-4-8-17(16)18(19)14-22-23-20(25)15-24-12-6-5-9-21(24)26/h3-12,14H,2,13,15H2,1H3,(H,23,25)/b22-14-. The molecule has 0 aliphatic heterocycles. The molecule has 1 aromatic heterocycles. The van der Waals surface area contributed by atoms with Crippen molar-refractivity contribution < 1.29 is 9.53 Å². The maximum Gasteiger partial charge on any atom is 0.260 e. The molecule has 0 radical (unpaired) electrons. The van der Waals surface area contributed by atoms with Gasteiger partial charge in [0.1, 0.15) is 12.3 Å². The summed E-state index contributed by atoms with van der Waals surface area (Å²) in [6.07, 6.45) is 4.04. The van der Waals surface area contributed by atoms with Crippen molar-refractivity contribution in [2.24, 2.45) is 5.10 Å². The van der Waals surface area contributed by atoms with Crippen molar-refractivity contribution in [3.63, 3.8) is 0 Å². The molecule has 138 valence electrons. The van der Waals surface area contributed by atoms with E-state index in [1.165, 1.54) is 10.6 Å². The molecule has 0 saturated carbocycles. The number of benzene rings is 2. The van der Waals surface area contributed by atoms with Gasteiger partial charge in [-0.2, -0.15) is 5.10 Å². The number of nitrogens with zero attached hydrogens (tertiary/aromatic N) is 2. The number of ether oxygens (including phenoxy) is 1. The molecule has 0 saturated heterocycles. The van der Waals surface area contributed by atoms with Gasteiger partial charge in [-0.05, 0) is 29.3 Å². The number of aromatic nitrogens is 1. The quantitative estimate of drug-likeness (QED) is 0.518. The number of carbonyl (C=O) groups excluding carboxylic acids is 1. The fourth-order valence-corrected chi connectivity index (χ4v) is 2.70. The number of nitrogens with one attached hydrogen (secondary N) is 1. The van der Waals surface area contributed by atoms with Crippen LogP contribution in [0.25, 0.3) is 10.8 Å². The molecule has 3 rings (SSSR count). The molecular weight excluding hydrogens is 342 g/mol. The second kappa shape index (κ2) is 8.80. The largest absolute Gasteiger partial charge is 0.493 e. The molecule has 6 nitrogen and oxygen atoms in total. The molecule has 1 N–H and O–H groups in total. The van der Waals surface area contributed by atoms with Crippen molar-refractivity contribution in [2.45, 2.75) is 19.9 Å². The van der Waals surface area contributed by atoms with E-state index in [-0.39, 0.29) is 18.0 Å². The number of hydrogen-bond donors (Lipinski definition) is 1. The third kappa shape index (κ3) is 4.61.